The summed E-state index contributed by atoms with van der Waals surface area (Å²) in [6.07, 6.45) is 7.23. The Morgan fingerprint density at radius 3 is 2.81 bits per heavy atom. The fraction of sp³-hybridized carbons (Fsp3) is 0.650. The van der Waals surface area contributed by atoms with Crippen LogP contribution in [0.4, 0.5) is 0 Å². The van der Waals surface area contributed by atoms with Crippen LogP contribution in [0.2, 0.25) is 0 Å². The summed E-state index contributed by atoms with van der Waals surface area (Å²) in [5, 5.41) is 0. The van der Waals surface area contributed by atoms with Crippen molar-refractivity contribution < 1.29 is 14.3 Å². The van der Waals surface area contributed by atoms with Gasteiger partial charge in [0.25, 0.3) is 0 Å². The summed E-state index contributed by atoms with van der Waals surface area (Å²) in [4.78, 5) is 34.3. The monoisotopic (exact) mass is 372 g/mol. The zero-order valence-electron chi connectivity index (χ0n) is 16.7. The lowest BCUT2D eigenvalue weighted by Gasteiger charge is -2.29. The summed E-state index contributed by atoms with van der Waals surface area (Å²) in [7, 11) is 3.68. The molecule has 1 spiro atoms. The van der Waals surface area contributed by atoms with Crippen LogP contribution < -0.4 is 0 Å². The second-order valence-corrected chi connectivity index (χ2v) is 9.30. The molecule has 2 fully saturated rings. The first-order chi connectivity index (χ1) is 12.6. The third-order valence-electron chi connectivity index (χ3n) is 5.80. The first-order valence-corrected chi connectivity index (χ1v) is 9.48. The van der Waals surface area contributed by atoms with Crippen LogP contribution in [-0.4, -0.2) is 63.0 Å². The number of aryl methyl sites for hydroxylation is 1. The Balaban J connectivity index is 1.55. The van der Waals surface area contributed by atoms with Gasteiger partial charge in [-0.3, -0.25) is 9.59 Å². The number of hydrogen-bond donors (Lipinski definition) is 0. The number of imidazole rings is 1. The van der Waals surface area contributed by atoms with Gasteiger partial charge >= 0.3 is 0 Å². The quantitative estimate of drug-likeness (QED) is 0.745. The standard InChI is InChI=1S/C20H28N4O3/c1-19(2,3)11-24-12-20-7-6-13(27-20)15(16(20)18(24)26)17(25)23(5)10-14-21-8-9-22(14)4/h6-9,13,15-16H,10-12H2,1-5H3/t13-,15-,16+,20-/m0/s1. The maximum atomic E-state index is 13.3. The molecule has 0 N–H and O–H groups in total. The number of aromatic nitrogens is 2. The highest BCUT2D eigenvalue weighted by molar-refractivity contribution is 5.93. The minimum atomic E-state index is -0.641. The minimum Gasteiger partial charge on any atom is -0.360 e. The van der Waals surface area contributed by atoms with Gasteiger partial charge in [-0.15, -0.1) is 0 Å². The highest BCUT2D eigenvalue weighted by Gasteiger charge is 2.67. The highest BCUT2D eigenvalue weighted by Crippen LogP contribution is 2.52. The molecule has 0 saturated carbocycles. The van der Waals surface area contributed by atoms with Crippen molar-refractivity contribution in [2.75, 3.05) is 20.1 Å². The van der Waals surface area contributed by atoms with Crippen molar-refractivity contribution in [3.63, 3.8) is 0 Å². The Bertz CT molecular complexity index is 808. The number of likely N-dealkylation sites (tertiary alicyclic amines) is 1. The average Bonchev–Trinajstić information content (AvgIpc) is 3.29. The topological polar surface area (TPSA) is 67.7 Å². The fourth-order valence-corrected chi connectivity index (χ4v) is 4.66. The molecule has 3 aliphatic rings. The molecule has 7 nitrogen and oxygen atoms in total. The number of fused-ring (bicyclic) bond motifs is 1. The van der Waals surface area contributed by atoms with Crippen LogP contribution in [0.5, 0.6) is 0 Å². The van der Waals surface area contributed by atoms with Gasteiger partial charge in [0.15, 0.2) is 0 Å². The number of rotatable bonds is 4. The Morgan fingerprint density at radius 2 is 2.19 bits per heavy atom. The summed E-state index contributed by atoms with van der Waals surface area (Å²) in [6.45, 7) is 7.95. The van der Waals surface area contributed by atoms with Crippen LogP contribution in [0.15, 0.2) is 24.5 Å². The number of carbonyl (C=O) groups is 2. The van der Waals surface area contributed by atoms with E-state index in [4.69, 9.17) is 4.74 Å². The van der Waals surface area contributed by atoms with Crippen molar-refractivity contribution in [3.05, 3.63) is 30.4 Å². The van der Waals surface area contributed by atoms with E-state index in [2.05, 4.69) is 25.8 Å². The Morgan fingerprint density at radius 1 is 1.44 bits per heavy atom. The lowest BCUT2D eigenvalue weighted by Crippen LogP contribution is -2.45. The first-order valence-electron chi connectivity index (χ1n) is 9.48. The van der Waals surface area contributed by atoms with Crippen molar-refractivity contribution in [2.45, 2.75) is 39.0 Å². The van der Waals surface area contributed by atoms with E-state index in [-0.39, 0.29) is 23.3 Å². The van der Waals surface area contributed by atoms with Gasteiger partial charge in [-0.1, -0.05) is 32.9 Å². The van der Waals surface area contributed by atoms with E-state index in [9.17, 15) is 9.59 Å². The van der Waals surface area contributed by atoms with Crippen LogP contribution in [0.25, 0.3) is 0 Å². The smallest absolute Gasteiger partial charge is 0.230 e. The van der Waals surface area contributed by atoms with Crippen LogP contribution in [0, 0.1) is 17.3 Å². The van der Waals surface area contributed by atoms with Gasteiger partial charge in [-0.25, -0.2) is 4.98 Å². The summed E-state index contributed by atoms with van der Waals surface area (Å²) in [5.41, 5.74) is -0.640. The normalized spacial score (nSPS) is 31.7. The van der Waals surface area contributed by atoms with Crippen LogP contribution in [0.1, 0.15) is 26.6 Å². The van der Waals surface area contributed by atoms with Crippen molar-refractivity contribution >= 4 is 11.8 Å². The summed E-state index contributed by atoms with van der Waals surface area (Å²) < 4.78 is 8.10. The number of ether oxygens (including phenoxy) is 1. The minimum absolute atomic E-state index is 0.00115. The average molecular weight is 372 g/mol. The summed E-state index contributed by atoms with van der Waals surface area (Å²) in [5.74, 6) is -0.0816. The molecule has 4 atom stereocenters. The largest absolute Gasteiger partial charge is 0.360 e. The Hall–Kier alpha value is -2.15. The van der Waals surface area contributed by atoms with E-state index in [1.807, 2.05) is 34.9 Å². The van der Waals surface area contributed by atoms with Gasteiger partial charge in [-0.2, -0.15) is 0 Å². The van der Waals surface area contributed by atoms with Crippen molar-refractivity contribution in [3.8, 4) is 0 Å². The summed E-state index contributed by atoms with van der Waals surface area (Å²) in [6, 6.07) is 0. The van der Waals surface area contributed by atoms with E-state index in [1.165, 1.54) is 0 Å². The molecule has 7 heteroatoms. The zero-order valence-corrected chi connectivity index (χ0v) is 16.7. The maximum Gasteiger partial charge on any atom is 0.230 e. The van der Waals surface area contributed by atoms with Crippen LogP contribution >= 0.6 is 0 Å². The third kappa shape index (κ3) is 2.88. The SMILES string of the molecule is CN(Cc1nccn1C)C(=O)[C@H]1[C@@H]2C=C[C@@]3(CN(CC(C)(C)C)C(=O)[C@@H]13)O2. The predicted octanol–water partition coefficient (Wildman–Crippen LogP) is 1.21. The fourth-order valence-electron chi connectivity index (χ4n) is 4.66. The lowest BCUT2D eigenvalue weighted by atomic mass is 9.76. The van der Waals surface area contributed by atoms with Gasteiger partial charge in [0.05, 0.1) is 31.0 Å². The summed E-state index contributed by atoms with van der Waals surface area (Å²) >= 11 is 0. The molecule has 1 aromatic rings. The molecule has 2 bridgehead atoms. The zero-order chi connectivity index (χ0) is 19.6. The highest BCUT2D eigenvalue weighted by atomic mass is 16.5. The molecule has 0 aromatic carbocycles. The van der Waals surface area contributed by atoms with Gasteiger partial charge in [0, 0.05) is 33.0 Å². The van der Waals surface area contributed by atoms with Crippen molar-refractivity contribution in [1.29, 1.82) is 0 Å². The molecule has 4 rings (SSSR count). The second-order valence-electron chi connectivity index (χ2n) is 9.30. The maximum absolute atomic E-state index is 13.3. The van der Waals surface area contributed by atoms with E-state index in [0.29, 0.717) is 19.6 Å². The third-order valence-corrected chi connectivity index (χ3v) is 5.80. The Labute approximate surface area is 160 Å². The molecule has 3 aliphatic heterocycles. The van der Waals surface area contributed by atoms with Gasteiger partial charge < -0.3 is 19.1 Å². The van der Waals surface area contributed by atoms with Crippen LogP contribution in [0.3, 0.4) is 0 Å². The number of hydrogen-bond acceptors (Lipinski definition) is 4. The van der Waals surface area contributed by atoms with E-state index >= 15 is 0 Å². The second kappa shape index (κ2) is 5.92. The molecule has 27 heavy (non-hydrogen) atoms. The molecule has 0 aliphatic carbocycles. The van der Waals surface area contributed by atoms with Gasteiger partial charge in [-0.05, 0) is 5.41 Å². The molecule has 2 saturated heterocycles. The van der Waals surface area contributed by atoms with Gasteiger partial charge in [0.2, 0.25) is 11.8 Å². The molecule has 0 unspecified atom stereocenters. The van der Waals surface area contributed by atoms with Crippen LogP contribution in [-0.2, 0) is 27.9 Å². The van der Waals surface area contributed by atoms with E-state index < -0.39 is 17.4 Å². The van der Waals surface area contributed by atoms with E-state index in [1.54, 1.807) is 18.1 Å². The van der Waals surface area contributed by atoms with Crippen molar-refractivity contribution in [2.24, 2.45) is 24.3 Å². The number of nitrogens with zero attached hydrogens (tertiary/aromatic N) is 4. The first kappa shape index (κ1) is 18.2. The predicted molar refractivity (Wildman–Crippen MR) is 99.4 cm³/mol. The number of amides is 2. The molecule has 4 heterocycles. The molecule has 2 amide bonds. The molecule has 146 valence electrons. The Kier molecular flexibility index (Phi) is 4.00. The molecular weight excluding hydrogens is 344 g/mol. The lowest BCUT2D eigenvalue weighted by molar-refractivity contribution is -0.143. The van der Waals surface area contributed by atoms with Gasteiger partial charge in [0.1, 0.15) is 11.4 Å². The molecular formula is C20H28N4O3. The molecule has 0 radical (unpaired) electrons. The number of carbonyl (C=O) groups excluding carboxylic acids is 2. The molecule has 1 aromatic heterocycles. The van der Waals surface area contributed by atoms with Crippen molar-refractivity contribution in [1.82, 2.24) is 19.4 Å². The van der Waals surface area contributed by atoms with E-state index in [0.717, 1.165) is 5.82 Å².